The van der Waals surface area contributed by atoms with Crippen molar-refractivity contribution in [1.82, 2.24) is 0 Å². The molecule has 94 valence electrons. The molecule has 0 aliphatic carbocycles. The molecule has 2 aromatic rings. The molecule has 18 heavy (non-hydrogen) atoms. The summed E-state index contributed by atoms with van der Waals surface area (Å²) in [5, 5.41) is 0. The fourth-order valence-corrected chi connectivity index (χ4v) is 2.14. The average Bonchev–Trinajstić information content (AvgIpc) is 2.40. The number of rotatable bonds is 4. The lowest BCUT2D eigenvalue weighted by Crippen LogP contribution is -2.13. The normalized spacial score (nSPS) is 12.2. The minimum atomic E-state index is 0.0407. The number of hydrogen-bond acceptors (Lipinski definition) is 2. The number of aryl methyl sites for hydroxylation is 1. The van der Waals surface area contributed by atoms with Crippen molar-refractivity contribution < 1.29 is 4.74 Å². The van der Waals surface area contributed by atoms with Gasteiger partial charge < -0.3 is 10.5 Å². The maximum absolute atomic E-state index is 6.22. The van der Waals surface area contributed by atoms with Crippen LogP contribution in [0.4, 0.5) is 0 Å². The van der Waals surface area contributed by atoms with Crippen LogP contribution in [0.25, 0.3) is 0 Å². The van der Waals surface area contributed by atoms with Gasteiger partial charge in [-0.05, 0) is 36.1 Å². The molecule has 2 heteroatoms. The molecule has 0 spiro atoms. The molecule has 0 aromatic heterocycles. The molecule has 1 atom stereocenters. The molecular formula is C16H19NO. The third-order valence-corrected chi connectivity index (χ3v) is 3.14. The number of ether oxygens (including phenoxy) is 1. The lowest BCUT2D eigenvalue weighted by atomic mass is 9.98. The molecule has 2 aromatic carbocycles. The van der Waals surface area contributed by atoms with Crippen LogP contribution in [0.3, 0.4) is 0 Å². The Bertz CT molecular complexity index is 508. The van der Waals surface area contributed by atoms with E-state index in [0.717, 1.165) is 17.7 Å². The Morgan fingerprint density at radius 2 is 1.83 bits per heavy atom. The summed E-state index contributed by atoms with van der Waals surface area (Å²) in [7, 11) is 1.69. The lowest BCUT2D eigenvalue weighted by Gasteiger charge is -2.13. The van der Waals surface area contributed by atoms with Gasteiger partial charge in [0.05, 0.1) is 7.11 Å². The van der Waals surface area contributed by atoms with E-state index >= 15 is 0 Å². The van der Waals surface area contributed by atoms with Gasteiger partial charge in [-0.15, -0.1) is 0 Å². The minimum Gasteiger partial charge on any atom is -0.496 e. The molecule has 2 N–H and O–H groups in total. The van der Waals surface area contributed by atoms with Gasteiger partial charge in [-0.1, -0.05) is 42.5 Å². The number of methoxy groups -OCH3 is 1. The van der Waals surface area contributed by atoms with Crippen molar-refractivity contribution >= 4 is 0 Å². The van der Waals surface area contributed by atoms with Crippen LogP contribution in [-0.2, 0) is 6.42 Å². The second kappa shape index (κ2) is 5.69. The van der Waals surface area contributed by atoms with Gasteiger partial charge in [0.1, 0.15) is 5.75 Å². The van der Waals surface area contributed by atoms with Crippen LogP contribution in [-0.4, -0.2) is 7.11 Å². The van der Waals surface area contributed by atoms with E-state index in [1.54, 1.807) is 7.11 Å². The minimum absolute atomic E-state index is 0.0407. The van der Waals surface area contributed by atoms with E-state index < -0.39 is 0 Å². The standard InChI is InChI=1S/C16H19NO/c1-12-10-13(8-9-16(12)18-2)11-15(17)14-6-4-3-5-7-14/h3-10,15H,11,17H2,1-2H3. The van der Waals surface area contributed by atoms with Gasteiger partial charge in [-0.2, -0.15) is 0 Å². The van der Waals surface area contributed by atoms with Crippen molar-refractivity contribution in [2.24, 2.45) is 5.73 Å². The quantitative estimate of drug-likeness (QED) is 0.891. The van der Waals surface area contributed by atoms with Crippen LogP contribution in [0.15, 0.2) is 48.5 Å². The first kappa shape index (κ1) is 12.7. The van der Waals surface area contributed by atoms with Gasteiger partial charge in [-0.3, -0.25) is 0 Å². The first-order valence-electron chi connectivity index (χ1n) is 6.14. The van der Waals surface area contributed by atoms with Crippen molar-refractivity contribution in [3.05, 3.63) is 65.2 Å². The van der Waals surface area contributed by atoms with Crippen LogP contribution in [0.1, 0.15) is 22.7 Å². The Kier molecular flexibility index (Phi) is 4.00. The highest BCUT2D eigenvalue weighted by Gasteiger charge is 2.07. The van der Waals surface area contributed by atoms with Crippen LogP contribution >= 0.6 is 0 Å². The summed E-state index contributed by atoms with van der Waals surface area (Å²) in [4.78, 5) is 0. The van der Waals surface area contributed by atoms with E-state index in [1.165, 1.54) is 11.1 Å². The highest BCUT2D eigenvalue weighted by molar-refractivity contribution is 5.37. The molecule has 2 rings (SSSR count). The van der Waals surface area contributed by atoms with Gasteiger partial charge in [0.15, 0.2) is 0 Å². The largest absolute Gasteiger partial charge is 0.496 e. The van der Waals surface area contributed by atoms with E-state index in [1.807, 2.05) is 24.3 Å². The number of hydrogen-bond donors (Lipinski definition) is 1. The second-order valence-electron chi connectivity index (χ2n) is 4.53. The summed E-state index contributed by atoms with van der Waals surface area (Å²) in [6.45, 7) is 2.05. The Morgan fingerprint density at radius 1 is 1.11 bits per heavy atom. The maximum Gasteiger partial charge on any atom is 0.121 e. The van der Waals surface area contributed by atoms with Gasteiger partial charge in [-0.25, -0.2) is 0 Å². The van der Waals surface area contributed by atoms with Crippen LogP contribution in [0.5, 0.6) is 5.75 Å². The molecule has 0 fully saturated rings. The highest BCUT2D eigenvalue weighted by atomic mass is 16.5. The highest BCUT2D eigenvalue weighted by Crippen LogP contribution is 2.22. The summed E-state index contributed by atoms with van der Waals surface area (Å²) in [5.74, 6) is 0.923. The summed E-state index contributed by atoms with van der Waals surface area (Å²) in [6.07, 6.45) is 0.842. The van der Waals surface area contributed by atoms with E-state index in [9.17, 15) is 0 Å². The van der Waals surface area contributed by atoms with Crippen molar-refractivity contribution in [1.29, 1.82) is 0 Å². The predicted molar refractivity (Wildman–Crippen MR) is 74.8 cm³/mol. The predicted octanol–water partition coefficient (Wildman–Crippen LogP) is 3.25. The van der Waals surface area contributed by atoms with Gasteiger partial charge >= 0.3 is 0 Å². The van der Waals surface area contributed by atoms with E-state index in [-0.39, 0.29) is 6.04 Å². The fourth-order valence-electron chi connectivity index (χ4n) is 2.14. The van der Waals surface area contributed by atoms with E-state index in [4.69, 9.17) is 10.5 Å². The molecule has 2 nitrogen and oxygen atoms in total. The summed E-state index contributed by atoms with van der Waals surface area (Å²) in [5.41, 5.74) is 9.78. The Morgan fingerprint density at radius 3 is 2.44 bits per heavy atom. The zero-order valence-corrected chi connectivity index (χ0v) is 10.9. The van der Waals surface area contributed by atoms with Crippen LogP contribution in [0.2, 0.25) is 0 Å². The Labute approximate surface area is 108 Å². The smallest absolute Gasteiger partial charge is 0.121 e. The molecule has 1 unspecified atom stereocenters. The Balaban J connectivity index is 2.12. The van der Waals surface area contributed by atoms with Gasteiger partial charge in [0.2, 0.25) is 0 Å². The molecule has 0 heterocycles. The molecule has 0 saturated heterocycles. The number of benzene rings is 2. The summed E-state index contributed by atoms with van der Waals surface area (Å²) in [6, 6.07) is 16.5. The van der Waals surface area contributed by atoms with E-state index in [0.29, 0.717) is 0 Å². The molecule has 0 aliphatic rings. The topological polar surface area (TPSA) is 35.2 Å². The van der Waals surface area contributed by atoms with Crippen molar-refractivity contribution in [2.75, 3.05) is 7.11 Å². The monoisotopic (exact) mass is 241 g/mol. The molecular weight excluding hydrogens is 222 g/mol. The zero-order chi connectivity index (χ0) is 13.0. The van der Waals surface area contributed by atoms with Gasteiger partial charge in [0, 0.05) is 6.04 Å². The van der Waals surface area contributed by atoms with Crippen LogP contribution < -0.4 is 10.5 Å². The van der Waals surface area contributed by atoms with Crippen molar-refractivity contribution in [3.63, 3.8) is 0 Å². The van der Waals surface area contributed by atoms with Crippen molar-refractivity contribution in [2.45, 2.75) is 19.4 Å². The molecule has 0 amide bonds. The molecule has 0 radical (unpaired) electrons. The molecule has 0 bridgehead atoms. The lowest BCUT2D eigenvalue weighted by molar-refractivity contribution is 0.411. The fraction of sp³-hybridized carbons (Fsp3) is 0.250. The average molecular weight is 241 g/mol. The SMILES string of the molecule is COc1ccc(CC(N)c2ccccc2)cc1C. The Hall–Kier alpha value is -1.80. The van der Waals surface area contributed by atoms with Crippen molar-refractivity contribution in [3.8, 4) is 5.75 Å². The summed E-state index contributed by atoms with van der Waals surface area (Å²) >= 11 is 0. The third kappa shape index (κ3) is 2.90. The second-order valence-corrected chi connectivity index (χ2v) is 4.53. The molecule has 0 aliphatic heterocycles. The van der Waals surface area contributed by atoms with Gasteiger partial charge in [0.25, 0.3) is 0 Å². The number of nitrogens with two attached hydrogens (primary N) is 1. The zero-order valence-electron chi connectivity index (χ0n) is 10.9. The third-order valence-electron chi connectivity index (χ3n) is 3.14. The first-order chi connectivity index (χ1) is 8.70. The molecule has 0 saturated carbocycles. The first-order valence-corrected chi connectivity index (χ1v) is 6.14. The maximum atomic E-state index is 6.22. The van der Waals surface area contributed by atoms with Crippen LogP contribution in [0, 0.1) is 6.92 Å². The summed E-state index contributed by atoms with van der Waals surface area (Å²) < 4.78 is 5.26. The van der Waals surface area contributed by atoms with E-state index in [2.05, 4.69) is 31.2 Å².